The number of methoxy groups -OCH3 is 1. The zero-order chi connectivity index (χ0) is 16.3. The molecule has 0 saturated carbocycles. The van der Waals surface area contributed by atoms with Gasteiger partial charge in [0.15, 0.2) is 5.82 Å². The third kappa shape index (κ3) is 2.94. The van der Waals surface area contributed by atoms with Crippen molar-refractivity contribution in [3.05, 3.63) is 30.1 Å². The predicted molar refractivity (Wildman–Crippen MR) is 85.7 cm³/mol. The van der Waals surface area contributed by atoms with E-state index in [2.05, 4.69) is 34.3 Å². The maximum atomic E-state index is 5.48. The smallest absolute Gasteiger partial charge is 0.176 e. The van der Waals surface area contributed by atoms with E-state index in [1.54, 1.807) is 7.11 Å². The molecule has 1 aliphatic rings. The minimum absolute atomic E-state index is 0.229. The first-order valence-electron chi connectivity index (χ1n) is 7.95. The number of benzene rings is 1. The Morgan fingerprint density at radius 3 is 2.52 bits per heavy atom. The average molecular weight is 317 g/mol. The lowest BCUT2D eigenvalue weighted by Gasteiger charge is -2.41. The van der Waals surface area contributed by atoms with Crippen LogP contribution in [0.4, 0.5) is 0 Å². The van der Waals surface area contributed by atoms with Gasteiger partial charge in [0.05, 0.1) is 31.5 Å². The maximum absolute atomic E-state index is 5.48. The van der Waals surface area contributed by atoms with Crippen LogP contribution in [0.2, 0.25) is 0 Å². The molecule has 0 N–H and O–H groups in total. The summed E-state index contributed by atoms with van der Waals surface area (Å²) in [6.45, 7) is 7.64. The molecular weight excluding hydrogens is 294 g/mol. The summed E-state index contributed by atoms with van der Waals surface area (Å²) in [5.74, 6) is 1.67. The second-order valence-corrected chi connectivity index (χ2v) is 5.84. The molecule has 1 atom stereocenters. The van der Waals surface area contributed by atoms with Gasteiger partial charge in [0.1, 0.15) is 5.75 Å². The molecule has 23 heavy (non-hydrogen) atoms. The lowest BCUT2D eigenvalue weighted by molar-refractivity contribution is -0.0240. The van der Waals surface area contributed by atoms with Crippen molar-refractivity contribution in [1.82, 2.24) is 25.1 Å². The highest BCUT2D eigenvalue weighted by Crippen LogP contribution is 2.32. The number of hydrogen-bond acceptors (Lipinski definition) is 6. The summed E-state index contributed by atoms with van der Waals surface area (Å²) in [6.07, 6.45) is 0.920. The van der Waals surface area contributed by atoms with E-state index in [9.17, 15) is 0 Å². The van der Waals surface area contributed by atoms with Crippen molar-refractivity contribution in [3.63, 3.8) is 0 Å². The zero-order valence-corrected chi connectivity index (χ0v) is 13.9. The van der Waals surface area contributed by atoms with E-state index in [0.717, 1.165) is 50.0 Å². The van der Waals surface area contributed by atoms with Gasteiger partial charge in [-0.05, 0) is 48.0 Å². The minimum atomic E-state index is -0.229. The summed E-state index contributed by atoms with van der Waals surface area (Å²) in [5.41, 5.74) is 0.700. The van der Waals surface area contributed by atoms with Gasteiger partial charge in [-0.25, -0.2) is 0 Å². The topological polar surface area (TPSA) is 65.3 Å². The Bertz CT molecular complexity index is 636. The molecule has 0 amide bonds. The van der Waals surface area contributed by atoms with Crippen LogP contribution < -0.4 is 4.74 Å². The number of morpholine rings is 1. The summed E-state index contributed by atoms with van der Waals surface area (Å²) in [5, 5.41) is 12.5. The Labute approximate surface area is 136 Å². The van der Waals surface area contributed by atoms with Crippen LogP contribution in [0.15, 0.2) is 24.3 Å². The number of aromatic nitrogens is 4. The molecule has 2 aromatic rings. The van der Waals surface area contributed by atoms with Gasteiger partial charge in [0.2, 0.25) is 0 Å². The summed E-state index contributed by atoms with van der Waals surface area (Å²) in [7, 11) is 1.66. The Balaban J connectivity index is 1.97. The Morgan fingerprint density at radius 1 is 1.22 bits per heavy atom. The highest BCUT2D eigenvalue weighted by atomic mass is 16.5. The van der Waals surface area contributed by atoms with Gasteiger partial charge in [-0.2, -0.15) is 4.68 Å². The number of hydrogen-bond donors (Lipinski definition) is 0. The van der Waals surface area contributed by atoms with Crippen LogP contribution in [0.5, 0.6) is 5.75 Å². The molecule has 0 bridgehead atoms. The van der Waals surface area contributed by atoms with Gasteiger partial charge in [-0.15, -0.1) is 5.10 Å². The fourth-order valence-electron chi connectivity index (χ4n) is 3.00. The summed E-state index contributed by atoms with van der Waals surface area (Å²) in [4.78, 5) is 2.40. The van der Waals surface area contributed by atoms with E-state index < -0.39 is 0 Å². The maximum Gasteiger partial charge on any atom is 0.176 e. The predicted octanol–water partition coefficient (Wildman–Crippen LogP) is 1.63. The van der Waals surface area contributed by atoms with E-state index in [1.165, 1.54) is 0 Å². The van der Waals surface area contributed by atoms with E-state index in [1.807, 2.05) is 28.9 Å². The molecule has 7 heteroatoms. The zero-order valence-electron chi connectivity index (χ0n) is 13.9. The van der Waals surface area contributed by atoms with Gasteiger partial charge in [0.25, 0.3) is 0 Å². The van der Waals surface area contributed by atoms with Crippen molar-refractivity contribution in [2.75, 3.05) is 33.4 Å². The molecule has 1 aromatic heterocycles. The van der Waals surface area contributed by atoms with Crippen LogP contribution in [0.1, 0.15) is 26.1 Å². The van der Waals surface area contributed by atoms with Gasteiger partial charge >= 0.3 is 0 Å². The van der Waals surface area contributed by atoms with E-state index >= 15 is 0 Å². The Kier molecular flexibility index (Phi) is 4.58. The lowest BCUT2D eigenvalue weighted by Crippen LogP contribution is -2.50. The number of ether oxygens (including phenoxy) is 2. The van der Waals surface area contributed by atoms with Crippen LogP contribution in [-0.4, -0.2) is 58.5 Å². The number of nitrogens with zero attached hydrogens (tertiary/aromatic N) is 5. The first-order valence-corrected chi connectivity index (χ1v) is 7.95. The molecule has 2 heterocycles. The standard InChI is InChI=1S/C16H23N5O2/c1-4-16(2,20-9-11-23-12-10-20)15-17-18-19-21(15)13-5-7-14(22-3)8-6-13/h5-8H,4,9-12H2,1-3H3. The highest BCUT2D eigenvalue weighted by molar-refractivity contribution is 5.37. The normalized spacial score (nSPS) is 18.6. The molecule has 124 valence electrons. The highest BCUT2D eigenvalue weighted by Gasteiger charge is 2.38. The molecular formula is C16H23N5O2. The third-order valence-electron chi connectivity index (χ3n) is 4.67. The molecule has 1 aliphatic heterocycles. The van der Waals surface area contributed by atoms with Crippen LogP contribution in [-0.2, 0) is 10.3 Å². The minimum Gasteiger partial charge on any atom is -0.497 e. The van der Waals surface area contributed by atoms with Crippen molar-refractivity contribution in [2.24, 2.45) is 0 Å². The molecule has 1 saturated heterocycles. The first-order chi connectivity index (χ1) is 11.2. The third-order valence-corrected chi connectivity index (χ3v) is 4.67. The van der Waals surface area contributed by atoms with Gasteiger partial charge in [-0.1, -0.05) is 6.92 Å². The van der Waals surface area contributed by atoms with Crippen LogP contribution in [0.25, 0.3) is 5.69 Å². The molecule has 1 unspecified atom stereocenters. The van der Waals surface area contributed by atoms with Gasteiger partial charge < -0.3 is 9.47 Å². The van der Waals surface area contributed by atoms with Crippen molar-refractivity contribution < 1.29 is 9.47 Å². The summed E-state index contributed by atoms with van der Waals surface area (Å²) >= 11 is 0. The van der Waals surface area contributed by atoms with E-state index in [-0.39, 0.29) is 5.54 Å². The molecule has 0 aliphatic carbocycles. The number of tetrazole rings is 1. The van der Waals surface area contributed by atoms with Crippen molar-refractivity contribution in [2.45, 2.75) is 25.8 Å². The fraction of sp³-hybridized carbons (Fsp3) is 0.562. The number of rotatable bonds is 5. The largest absolute Gasteiger partial charge is 0.497 e. The van der Waals surface area contributed by atoms with Gasteiger partial charge in [-0.3, -0.25) is 4.90 Å². The second-order valence-electron chi connectivity index (χ2n) is 5.84. The summed E-state index contributed by atoms with van der Waals surface area (Å²) < 4.78 is 12.5. The fourth-order valence-corrected chi connectivity index (χ4v) is 3.00. The van der Waals surface area contributed by atoms with Crippen LogP contribution >= 0.6 is 0 Å². The molecule has 1 aromatic carbocycles. The molecule has 0 radical (unpaired) electrons. The molecule has 3 rings (SSSR count). The van der Waals surface area contributed by atoms with Crippen LogP contribution in [0.3, 0.4) is 0 Å². The monoisotopic (exact) mass is 317 g/mol. The van der Waals surface area contributed by atoms with Crippen molar-refractivity contribution in [3.8, 4) is 11.4 Å². The Morgan fingerprint density at radius 2 is 1.91 bits per heavy atom. The van der Waals surface area contributed by atoms with Crippen LogP contribution in [0, 0.1) is 0 Å². The van der Waals surface area contributed by atoms with E-state index in [4.69, 9.17) is 9.47 Å². The second kappa shape index (κ2) is 6.64. The quantitative estimate of drug-likeness (QED) is 0.835. The van der Waals surface area contributed by atoms with Gasteiger partial charge in [0, 0.05) is 13.1 Å². The first kappa shape index (κ1) is 15.9. The molecule has 0 spiro atoms. The van der Waals surface area contributed by atoms with Crippen molar-refractivity contribution >= 4 is 0 Å². The Hall–Kier alpha value is -1.99. The lowest BCUT2D eigenvalue weighted by atomic mass is 9.94. The average Bonchev–Trinajstić information content (AvgIpc) is 3.12. The SMILES string of the molecule is CCC(C)(c1nnnn1-c1ccc(OC)cc1)N1CCOCC1. The van der Waals surface area contributed by atoms with Crippen molar-refractivity contribution in [1.29, 1.82) is 0 Å². The molecule has 1 fully saturated rings. The molecule has 7 nitrogen and oxygen atoms in total. The summed E-state index contributed by atoms with van der Waals surface area (Å²) in [6, 6.07) is 7.76. The van der Waals surface area contributed by atoms with E-state index in [0.29, 0.717) is 0 Å².